The lowest BCUT2D eigenvalue weighted by molar-refractivity contribution is -0.137. The molecule has 0 unspecified atom stereocenters. The van der Waals surface area contributed by atoms with Crippen LogP contribution in [0.5, 0.6) is 0 Å². The molecule has 0 aliphatic heterocycles. The van der Waals surface area contributed by atoms with Crippen LogP contribution in [-0.4, -0.2) is 15.6 Å². The zero-order valence-corrected chi connectivity index (χ0v) is 8.89. The Kier molecular flexibility index (Phi) is 2.92. The van der Waals surface area contributed by atoms with Gasteiger partial charge in [-0.05, 0) is 29.1 Å². The highest BCUT2D eigenvalue weighted by atomic mass is 16.4. The van der Waals surface area contributed by atoms with E-state index in [1.54, 1.807) is 0 Å². The Balaban J connectivity index is 2.30. The molecule has 3 N–H and O–H groups in total. The lowest BCUT2D eigenvalue weighted by Gasteiger charge is -2.03. The third-order valence-electron chi connectivity index (χ3n) is 2.64. The highest BCUT2D eigenvalue weighted by Gasteiger charge is 2.03. The molecule has 0 radical (unpaired) electrons. The van der Waals surface area contributed by atoms with Crippen molar-refractivity contribution >= 4 is 16.9 Å². The normalized spacial score (nSPS) is 10.8. The summed E-state index contributed by atoms with van der Waals surface area (Å²) in [6.07, 6.45) is 2.05. The number of nitrogens with two attached hydrogens (primary N) is 1. The van der Waals surface area contributed by atoms with Crippen molar-refractivity contribution in [3.05, 3.63) is 36.0 Å². The van der Waals surface area contributed by atoms with Crippen molar-refractivity contribution in [2.75, 3.05) is 0 Å². The summed E-state index contributed by atoms with van der Waals surface area (Å²) in [7, 11) is 0. The van der Waals surface area contributed by atoms with E-state index < -0.39 is 5.97 Å². The fraction of sp³-hybridized carbons (Fsp3) is 0.250. The van der Waals surface area contributed by atoms with E-state index in [9.17, 15) is 4.79 Å². The van der Waals surface area contributed by atoms with Crippen LogP contribution in [0.1, 0.15) is 12.0 Å². The molecule has 0 fully saturated rings. The van der Waals surface area contributed by atoms with E-state index in [4.69, 9.17) is 10.8 Å². The van der Waals surface area contributed by atoms with Gasteiger partial charge in [0, 0.05) is 24.8 Å². The molecule has 1 aromatic heterocycles. The van der Waals surface area contributed by atoms with Crippen LogP contribution in [-0.2, 0) is 17.9 Å². The highest BCUT2D eigenvalue weighted by Crippen LogP contribution is 2.17. The Labute approximate surface area is 93.3 Å². The molecule has 2 rings (SSSR count). The van der Waals surface area contributed by atoms with Crippen LogP contribution in [0.15, 0.2) is 30.5 Å². The topological polar surface area (TPSA) is 68.2 Å². The number of carbonyl (C=O) groups is 1. The maximum Gasteiger partial charge on any atom is 0.305 e. The van der Waals surface area contributed by atoms with Crippen molar-refractivity contribution in [3.8, 4) is 0 Å². The first-order valence-corrected chi connectivity index (χ1v) is 5.20. The number of hydrogen-bond donors (Lipinski definition) is 2. The van der Waals surface area contributed by atoms with Gasteiger partial charge in [-0.2, -0.15) is 0 Å². The number of nitrogens with zero attached hydrogens (tertiary/aromatic N) is 1. The van der Waals surface area contributed by atoms with E-state index in [0.29, 0.717) is 13.1 Å². The molecule has 0 spiro atoms. The Morgan fingerprint density at radius 1 is 1.38 bits per heavy atom. The molecule has 0 saturated carbocycles. The minimum absolute atomic E-state index is 0.141. The molecule has 4 heteroatoms. The number of benzene rings is 1. The van der Waals surface area contributed by atoms with Gasteiger partial charge in [-0.15, -0.1) is 0 Å². The van der Waals surface area contributed by atoms with E-state index in [1.807, 2.05) is 35.0 Å². The zero-order chi connectivity index (χ0) is 11.5. The van der Waals surface area contributed by atoms with Gasteiger partial charge in [0.05, 0.1) is 6.42 Å². The average molecular weight is 218 g/mol. The van der Waals surface area contributed by atoms with Gasteiger partial charge in [0.1, 0.15) is 0 Å². The zero-order valence-electron chi connectivity index (χ0n) is 8.89. The molecule has 0 aliphatic rings. The lowest BCUT2D eigenvalue weighted by Crippen LogP contribution is -2.03. The summed E-state index contributed by atoms with van der Waals surface area (Å²) in [5.74, 6) is -0.777. The van der Waals surface area contributed by atoms with E-state index in [2.05, 4.69) is 0 Å². The smallest absolute Gasteiger partial charge is 0.305 e. The molecule has 0 saturated heterocycles. The second-order valence-corrected chi connectivity index (χ2v) is 3.75. The van der Waals surface area contributed by atoms with Gasteiger partial charge in [-0.3, -0.25) is 4.79 Å². The number of carboxylic acids is 1. The number of carboxylic acid groups (broad SMARTS) is 1. The first kappa shape index (κ1) is 10.7. The quantitative estimate of drug-likeness (QED) is 0.818. The molecule has 0 atom stereocenters. The molecule has 1 aromatic carbocycles. The predicted octanol–water partition coefficient (Wildman–Crippen LogP) is 1.57. The summed E-state index contributed by atoms with van der Waals surface area (Å²) in [4.78, 5) is 10.5. The van der Waals surface area contributed by atoms with E-state index >= 15 is 0 Å². The SMILES string of the molecule is NCc1ccc2c(ccn2CCC(=O)O)c1. The highest BCUT2D eigenvalue weighted by molar-refractivity contribution is 5.81. The van der Waals surface area contributed by atoms with E-state index in [1.165, 1.54) is 0 Å². The largest absolute Gasteiger partial charge is 0.481 e. The van der Waals surface area contributed by atoms with Gasteiger partial charge in [0.2, 0.25) is 0 Å². The third-order valence-corrected chi connectivity index (χ3v) is 2.64. The molecular formula is C12H14N2O2. The second kappa shape index (κ2) is 4.37. The van der Waals surface area contributed by atoms with Gasteiger partial charge in [-0.25, -0.2) is 0 Å². The Morgan fingerprint density at radius 3 is 2.88 bits per heavy atom. The van der Waals surface area contributed by atoms with Crippen LogP contribution in [0, 0.1) is 0 Å². The fourth-order valence-corrected chi connectivity index (χ4v) is 1.79. The minimum Gasteiger partial charge on any atom is -0.481 e. The molecule has 0 bridgehead atoms. The summed E-state index contributed by atoms with van der Waals surface area (Å²) in [6.45, 7) is 1.02. The van der Waals surface area contributed by atoms with Crippen LogP contribution in [0.3, 0.4) is 0 Å². The Hall–Kier alpha value is -1.81. The monoisotopic (exact) mass is 218 g/mol. The van der Waals surface area contributed by atoms with Crippen molar-refractivity contribution < 1.29 is 9.90 Å². The lowest BCUT2D eigenvalue weighted by atomic mass is 10.1. The Morgan fingerprint density at radius 2 is 2.19 bits per heavy atom. The molecule has 16 heavy (non-hydrogen) atoms. The number of aromatic nitrogens is 1. The van der Waals surface area contributed by atoms with Crippen molar-refractivity contribution in [2.45, 2.75) is 19.5 Å². The number of rotatable bonds is 4. The van der Waals surface area contributed by atoms with Crippen molar-refractivity contribution in [2.24, 2.45) is 5.73 Å². The van der Waals surface area contributed by atoms with Gasteiger partial charge in [-0.1, -0.05) is 6.07 Å². The molecule has 4 nitrogen and oxygen atoms in total. The summed E-state index contributed by atoms with van der Waals surface area (Å²) < 4.78 is 1.95. The molecule has 0 amide bonds. The molecule has 84 valence electrons. The number of hydrogen-bond acceptors (Lipinski definition) is 2. The van der Waals surface area contributed by atoms with Gasteiger partial charge in [0.15, 0.2) is 0 Å². The van der Waals surface area contributed by atoms with Crippen molar-refractivity contribution in [1.29, 1.82) is 0 Å². The summed E-state index contributed by atoms with van der Waals surface area (Å²) in [5.41, 5.74) is 7.70. The maximum absolute atomic E-state index is 10.5. The standard InChI is InChI=1S/C12H14N2O2/c13-8-9-1-2-11-10(7-9)3-5-14(11)6-4-12(15)16/h1-3,5,7H,4,6,8,13H2,(H,15,16). The second-order valence-electron chi connectivity index (χ2n) is 3.75. The van der Waals surface area contributed by atoms with Gasteiger partial charge < -0.3 is 15.4 Å². The third kappa shape index (κ3) is 2.06. The van der Waals surface area contributed by atoms with Crippen LogP contribution in [0.2, 0.25) is 0 Å². The summed E-state index contributed by atoms with van der Waals surface area (Å²) in [6, 6.07) is 7.97. The number of fused-ring (bicyclic) bond motifs is 1. The first-order chi connectivity index (χ1) is 7.70. The van der Waals surface area contributed by atoms with Crippen molar-refractivity contribution in [1.82, 2.24) is 4.57 Å². The predicted molar refractivity (Wildman–Crippen MR) is 62.1 cm³/mol. The van der Waals surface area contributed by atoms with Crippen molar-refractivity contribution in [3.63, 3.8) is 0 Å². The van der Waals surface area contributed by atoms with Gasteiger partial charge in [0.25, 0.3) is 0 Å². The summed E-state index contributed by atoms with van der Waals surface area (Å²) in [5, 5.41) is 9.74. The number of aryl methyl sites for hydroxylation is 1. The maximum atomic E-state index is 10.5. The van der Waals surface area contributed by atoms with E-state index in [0.717, 1.165) is 16.5 Å². The summed E-state index contributed by atoms with van der Waals surface area (Å²) >= 11 is 0. The minimum atomic E-state index is -0.777. The van der Waals surface area contributed by atoms with Crippen LogP contribution in [0.4, 0.5) is 0 Å². The fourth-order valence-electron chi connectivity index (χ4n) is 1.79. The molecule has 1 heterocycles. The van der Waals surface area contributed by atoms with E-state index in [-0.39, 0.29) is 6.42 Å². The average Bonchev–Trinajstić information content (AvgIpc) is 2.68. The molecular weight excluding hydrogens is 204 g/mol. The van der Waals surface area contributed by atoms with Crippen LogP contribution in [0.25, 0.3) is 10.9 Å². The van der Waals surface area contributed by atoms with Crippen LogP contribution >= 0.6 is 0 Å². The number of aliphatic carboxylic acids is 1. The first-order valence-electron chi connectivity index (χ1n) is 5.20. The van der Waals surface area contributed by atoms with Gasteiger partial charge >= 0.3 is 5.97 Å². The van der Waals surface area contributed by atoms with Crippen LogP contribution < -0.4 is 5.73 Å². The Bertz CT molecular complexity index is 517. The molecule has 0 aliphatic carbocycles. The molecule has 2 aromatic rings.